The Kier molecular flexibility index (Phi) is 6.76. The second kappa shape index (κ2) is 7.59. The van der Waals surface area contributed by atoms with E-state index in [-0.39, 0.29) is 4.90 Å². The van der Waals surface area contributed by atoms with Crippen molar-refractivity contribution >= 4 is 37.6 Å². The average molecular weight is 370 g/mol. The Bertz CT molecular complexity index is 520. The lowest BCUT2D eigenvalue weighted by atomic mass is 10.3. The maximum absolute atomic E-state index is 12.0. The van der Waals surface area contributed by atoms with E-state index in [0.29, 0.717) is 16.0 Å². The van der Waals surface area contributed by atoms with Crippen molar-refractivity contribution in [2.75, 3.05) is 27.2 Å². The van der Waals surface area contributed by atoms with Crippen LogP contribution in [-0.4, -0.2) is 40.5 Å². The molecule has 1 aromatic rings. The van der Waals surface area contributed by atoms with Gasteiger partial charge in [0, 0.05) is 11.0 Å². The smallest absolute Gasteiger partial charge is 0.240 e. The molecule has 0 fully saturated rings. The summed E-state index contributed by atoms with van der Waals surface area (Å²) >= 11 is 9.06. The van der Waals surface area contributed by atoms with Gasteiger partial charge in [-0.2, -0.15) is 0 Å². The highest BCUT2D eigenvalue weighted by molar-refractivity contribution is 9.10. The number of rotatable bonds is 7. The van der Waals surface area contributed by atoms with Crippen LogP contribution in [0.2, 0.25) is 5.02 Å². The fourth-order valence-corrected chi connectivity index (χ4v) is 3.23. The average Bonchev–Trinajstić information content (AvgIpc) is 2.31. The van der Waals surface area contributed by atoms with Crippen LogP contribution in [-0.2, 0) is 10.0 Å². The lowest BCUT2D eigenvalue weighted by molar-refractivity contribution is 0.394. The van der Waals surface area contributed by atoms with Crippen LogP contribution >= 0.6 is 27.5 Å². The molecule has 0 saturated carbocycles. The van der Waals surface area contributed by atoms with Gasteiger partial charge < -0.3 is 4.90 Å². The van der Waals surface area contributed by atoms with E-state index in [1.807, 2.05) is 14.1 Å². The van der Waals surface area contributed by atoms with Crippen molar-refractivity contribution in [2.45, 2.75) is 17.7 Å². The summed E-state index contributed by atoms with van der Waals surface area (Å²) in [6.45, 7) is 1.39. The van der Waals surface area contributed by atoms with E-state index in [1.165, 1.54) is 12.1 Å². The van der Waals surface area contributed by atoms with Crippen molar-refractivity contribution in [2.24, 2.45) is 0 Å². The normalized spacial score (nSPS) is 12.1. The van der Waals surface area contributed by atoms with Gasteiger partial charge in [0.2, 0.25) is 10.0 Å². The van der Waals surface area contributed by atoms with Crippen molar-refractivity contribution in [1.82, 2.24) is 9.62 Å². The maximum Gasteiger partial charge on any atom is 0.240 e. The number of benzene rings is 1. The molecule has 0 bridgehead atoms. The molecule has 108 valence electrons. The Hall–Kier alpha value is -0.140. The highest BCUT2D eigenvalue weighted by Gasteiger charge is 2.14. The standard InChI is InChI=1S/C12H18BrClN2O2S/c1-16(2)8-4-3-7-15-19(17,18)10-5-6-12(14)11(13)9-10/h5-6,9,15H,3-4,7-8H2,1-2H3. The Morgan fingerprint density at radius 2 is 2.00 bits per heavy atom. The zero-order valence-corrected chi connectivity index (χ0v) is 14.1. The molecule has 19 heavy (non-hydrogen) atoms. The molecule has 4 nitrogen and oxygen atoms in total. The first-order valence-corrected chi connectivity index (χ1v) is 8.58. The zero-order chi connectivity index (χ0) is 14.5. The van der Waals surface area contributed by atoms with Gasteiger partial charge in [0.05, 0.1) is 9.92 Å². The van der Waals surface area contributed by atoms with Crippen LogP contribution in [0.15, 0.2) is 27.6 Å². The molecule has 0 aromatic heterocycles. The van der Waals surface area contributed by atoms with Crippen LogP contribution in [0.5, 0.6) is 0 Å². The third-order valence-corrected chi connectivity index (χ3v) is 5.20. The van der Waals surface area contributed by atoms with Gasteiger partial charge in [-0.25, -0.2) is 13.1 Å². The number of hydrogen-bond acceptors (Lipinski definition) is 3. The Morgan fingerprint density at radius 3 is 2.58 bits per heavy atom. The molecule has 0 radical (unpaired) electrons. The van der Waals surface area contributed by atoms with E-state index >= 15 is 0 Å². The van der Waals surface area contributed by atoms with Gasteiger partial charge in [0.1, 0.15) is 0 Å². The first kappa shape index (κ1) is 16.9. The lowest BCUT2D eigenvalue weighted by Crippen LogP contribution is -2.25. The SMILES string of the molecule is CN(C)CCCCNS(=O)(=O)c1ccc(Cl)c(Br)c1. The minimum absolute atomic E-state index is 0.219. The highest BCUT2D eigenvalue weighted by Crippen LogP contribution is 2.25. The van der Waals surface area contributed by atoms with Gasteiger partial charge >= 0.3 is 0 Å². The molecule has 1 N–H and O–H groups in total. The van der Waals surface area contributed by atoms with Crippen molar-refractivity contribution in [3.05, 3.63) is 27.7 Å². The molecule has 0 aliphatic heterocycles. The molecule has 0 heterocycles. The summed E-state index contributed by atoms with van der Waals surface area (Å²) in [7, 11) is 0.538. The summed E-state index contributed by atoms with van der Waals surface area (Å²) in [6, 6.07) is 4.56. The lowest BCUT2D eigenvalue weighted by Gasteiger charge is -2.10. The van der Waals surface area contributed by atoms with Crippen molar-refractivity contribution in [3.8, 4) is 0 Å². The van der Waals surface area contributed by atoms with E-state index in [2.05, 4.69) is 25.6 Å². The van der Waals surface area contributed by atoms with Gasteiger partial charge in [-0.05, 0) is 67.6 Å². The van der Waals surface area contributed by atoms with Gasteiger partial charge in [-0.15, -0.1) is 0 Å². The van der Waals surface area contributed by atoms with Crippen LogP contribution < -0.4 is 4.72 Å². The van der Waals surface area contributed by atoms with Gasteiger partial charge in [0.25, 0.3) is 0 Å². The van der Waals surface area contributed by atoms with E-state index in [0.717, 1.165) is 19.4 Å². The summed E-state index contributed by atoms with van der Waals surface area (Å²) in [5.41, 5.74) is 0. The van der Waals surface area contributed by atoms with Crippen LogP contribution in [0.25, 0.3) is 0 Å². The molecule has 0 spiro atoms. The highest BCUT2D eigenvalue weighted by atomic mass is 79.9. The molecular formula is C12H18BrClN2O2S. The number of nitrogens with one attached hydrogen (secondary N) is 1. The third-order valence-electron chi connectivity index (χ3n) is 2.53. The molecular weight excluding hydrogens is 352 g/mol. The number of sulfonamides is 1. The second-order valence-corrected chi connectivity index (χ2v) is 7.51. The topological polar surface area (TPSA) is 49.4 Å². The molecule has 0 saturated heterocycles. The predicted octanol–water partition coefficient (Wildman–Crippen LogP) is 2.72. The molecule has 0 aliphatic rings. The fraction of sp³-hybridized carbons (Fsp3) is 0.500. The summed E-state index contributed by atoms with van der Waals surface area (Å²) in [4.78, 5) is 2.29. The first-order valence-electron chi connectivity index (χ1n) is 5.92. The van der Waals surface area contributed by atoms with Crippen molar-refractivity contribution < 1.29 is 8.42 Å². The quantitative estimate of drug-likeness (QED) is 0.752. The van der Waals surface area contributed by atoms with Crippen LogP contribution in [0.1, 0.15) is 12.8 Å². The monoisotopic (exact) mass is 368 g/mol. The van der Waals surface area contributed by atoms with E-state index in [1.54, 1.807) is 6.07 Å². The van der Waals surface area contributed by atoms with Gasteiger partial charge in [-0.3, -0.25) is 0 Å². The summed E-state index contributed by atoms with van der Waals surface area (Å²) in [5.74, 6) is 0. The van der Waals surface area contributed by atoms with Crippen LogP contribution in [0.4, 0.5) is 0 Å². The van der Waals surface area contributed by atoms with Crippen LogP contribution in [0.3, 0.4) is 0 Å². The maximum atomic E-state index is 12.0. The summed E-state index contributed by atoms with van der Waals surface area (Å²) < 4.78 is 27.2. The molecule has 0 unspecified atom stereocenters. The molecule has 0 amide bonds. The molecule has 1 rings (SSSR count). The Balaban J connectivity index is 2.54. The second-order valence-electron chi connectivity index (χ2n) is 4.48. The molecule has 0 atom stereocenters. The van der Waals surface area contributed by atoms with E-state index < -0.39 is 10.0 Å². The van der Waals surface area contributed by atoms with Crippen molar-refractivity contribution in [1.29, 1.82) is 0 Å². The van der Waals surface area contributed by atoms with E-state index in [4.69, 9.17) is 11.6 Å². The van der Waals surface area contributed by atoms with Crippen molar-refractivity contribution in [3.63, 3.8) is 0 Å². The Morgan fingerprint density at radius 1 is 1.32 bits per heavy atom. The molecule has 7 heteroatoms. The minimum atomic E-state index is -3.45. The first-order chi connectivity index (χ1) is 8.83. The Labute approximate surface area is 128 Å². The number of halogens is 2. The molecule has 1 aromatic carbocycles. The summed E-state index contributed by atoms with van der Waals surface area (Å²) in [5, 5.41) is 0.491. The van der Waals surface area contributed by atoms with Gasteiger partial charge in [-0.1, -0.05) is 11.6 Å². The number of unbranched alkanes of at least 4 members (excludes halogenated alkanes) is 1. The van der Waals surface area contributed by atoms with Gasteiger partial charge in [0.15, 0.2) is 0 Å². The van der Waals surface area contributed by atoms with Crippen LogP contribution in [0, 0.1) is 0 Å². The number of hydrogen-bond donors (Lipinski definition) is 1. The fourth-order valence-electron chi connectivity index (χ4n) is 1.49. The largest absolute Gasteiger partial charge is 0.309 e. The summed E-state index contributed by atoms with van der Waals surface area (Å²) in [6.07, 6.45) is 1.77. The predicted molar refractivity (Wildman–Crippen MR) is 82.1 cm³/mol. The molecule has 0 aliphatic carbocycles. The number of nitrogens with zero attached hydrogens (tertiary/aromatic N) is 1. The van der Waals surface area contributed by atoms with E-state index in [9.17, 15) is 8.42 Å². The minimum Gasteiger partial charge on any atom is -0.309 e. The third kappa shape index (κ3) is 5.79. The zero-order valence-electron chi connectivity index (χ0n) is 11.0.